The highest BCUT2D eigenvalue weighted by atomic mass is 19.1. The molecule has 6 nitrogen and oxygen atoms in total. The van der Waals surface area contributed by atoms with Gasteiger partial charge in [0.15, 0.2) is 5.96 Å². The van der Waals surface area contributed by atoms with E-state index in [1.807, 2.05) is 30.5 Å². The summed E-state index contributed by atoms with van der Waals surface area (Å²) in [4.78, 5) is 12.4. The second kappa shape index (κ2) is 9.07. The topological polar surface area (TPSA) is 66.9 Å². The number of H-pyrrole nitrogens is 1. The normalized spacial score (nSPS) is 15.1. The minimum Gasteiger partial charge on any atom is -0.506 e. The monoisotopic (exact) mass is 409 g/mol. The van der Waals surface area contributed by atoms with E-state index in [0.717, 1.165) is 67.3 Å². The molecule has 0 spiro atoms. The molecule has 2 heterocycles. The molecule has 7 heteroatoms. The van der Waals surface area contributed by atoms with Crippen LogP contribution in [0.1, 0.15) is 12.5 Å². The third-order valence-corrected chi connectivity index (χ3v) is 5.51. The first-order chi connectivity index (χ1) is 14.7. The van der Waals surface area contributed by atoms with Crippen molar-refractivity contribution in [2.24, 2.45) is 4.99 Å². The molecule has 2 aromatic carbocycles. The van der Waals surface area contributed by atoms with Gasteiger partial charge in [0.05, 0.1) is 5.69 Å². The van der Waals surface area contributed by atoms with Crippen LogP contribution in [0.4, 0.5) is 10.1 Å². The van der Waals surface area contributed by atoms with E-state index in [4.69, 9.17) is 4.99 Å². The number of para-hydroxylation sites is 2. The van der Waals surface area contributed by atoms with Crippen LogP contribution in [0.3, 0.4) is 0 Å². The number of hydrogen-bond acceptors (Lipinski definition) is 3. The molecule has 0 saturated carbocycles. The van der Waals surface area contributed by atoms with E-state index in [9.17, 15) is 9.50 Å². The van der Waals surface area contributed by atoms with Gasteiger partial charge in [0, 0.05) is 56.4 Å². The number of hydrogen-bond donors (Lipinski definition) is 3. The summed E-state index contributed by atoms with van der Waals surface area (Å²) in [5.41, 5.74) is 2.85. The summed E-state index contributed by atoms with van der Waals surface area (Å²) in [6.07, 6.45) is 2.73. The molecule has 4 rings (SSSR count). The summed E-state index contributed by atoms with van der Waals surface area (Å²) in [5, 5.41) is 14.5. The Balaban J connectivity index is 1.38. The first-order valence-corrected chi connectivity index (χ1v) is 10.5. The van der Waals surface area contributed by atoms with Crippen LogP contribution in [0.15, 0.2) is 53.7 Å². The molecule has 1 saturated heterocycles. The Labute approximate surface area is 176 Å². The second-order valence-corrected chi connectivity index (χ2v) is 7.45. The average Bonchev–Trinajstić information content (AvgIpc) is 3.15. The van der Waals surface area contributed by atoms with Gasteiger partial charge in [0.2, 0.25) is 0 Å². The summed E-state index contributed by atoms with van der Waals surface area (Å²) in [6, 6.07) is 12.3. The summed E-state index contributed by atoms with van der Waals surface area (Å²) < 4.78 is 13.4. The summed E-state index contributed by atoms with van der Waals surface area (Å²) in [5.74, 6) is 1.01. The largest absolute Gasteiger partial charge is 0.506 e. The molecule has 30 heavy (non-hydrogen) atoms. The second-order valence-electron chi connectivity index (χ2n) is 7.45. The Bertz CT molecular complexity index is 1020. The highest BCUT2D eigenvalue weighted by Gasteiger charge is 2.21. The molecule has 0 atom stereocenters. The Morgan fingerprint density at radius 1 is 1.17 bits per heavy atom. The summed E-state index contributed by atoms with van der Waals surface area (Å²) >= 11 is 0. The first-order valence-electron chi connectivity index (χ1n) is 10.5. The van der Waals surface area contributed by atoms with Gasteiger partial charge in [-0.15, -0.1) is 0 Å². The van der Waals surface area contributed by atoms with Crippen molar-refractivity contribution in [3.8, 4) is 5.75 Å². The Kier molecular flexibility index (Phi) is 6.07. The van der Waals surface area contributed by atoms with Crippen LogP contribution in [0.25, 0.3) is 10.9 Å². The quantitative estimate of drug-likeness (QED) is 0.447. The molecule has 0 amide bonds. The number of rotatable bonds is 5. The molecule has 0 unspecified atom stereocenters. The third-order valence-electron chi connectivity index (χ3n) is 5.51. The number of guanidine groups is 1. The molecule has 1 aliphatic heterocycles. The standard InChI is InChI=1S/C23H28FN5O/c1-2-25-23(26-10-9-17-16-27-20-15-18(24)7-8-19(17)20)29-13-11-28(12-14-29)21-5-3-4-6-22(21)30/h3-8,15-16,27,30H,2,9-14H2,1H3,(H,25,26). The van der Waals surface area contributed by atoms with Crippen molar-refractivity contribution in [3.05, 3.63) is 60.0 Å². The Hall–Kier alpha value is -3.22. The number of phenols is 1. The minimum atomic E-state index is -0.230. The fourth-order valence-corrected chi connectivity index (χ4v) is 3.96. The Morgan fingerprint density at radius 2 is 1.97 bits per heavy atom. The molecular weight excluding hydrogens is 381 g/mol. The summed E-state index contributed by atoms with van der Waals surface area (Å²) in [7, 11) is 0. The van der Waals surface area contributed by atoms with Crippen LogP contribution in [-0.4, -0.2) is 60.2 Å². The number of aliphatic imine (C=N–C) groups is 1. The lowest BCUT2D eigenvalue weighted by Crippen LogP contribution is -2.52. The highest BCUT2D eigenvalue weighted by molar-refractivity contribution is 5.83. The van der Waals surface area contributed by atoms with Crippen LogP contribution in [0, 0.1) is 5.82 Å². The SMILES string of the molecule is CCNC(=NCCc1c[nH]c2cc(F)ccc12)N1CCN(c2ccccc2O)CC1. The van der Waals surface area contributed by atoms with E-state index in [-0.39, 0.29) is 5.82 Å². The van der Waals surface area contributed by atoms with Crippen molar-refractivity contribution in [3.63, 3.8) is 0 Å². The zero-order valence-electron chi connectivity index (χ0n) is 17.2. The molecule has 3 N–H and O–H groups in total. The third kappa shape index (κ3) is 4.35. The molecule has 1 fully saturated rings. The molecule has 0 bridgehead atoms. The number of phenolic OH excluding ortho intramolecular Hbond substituents is 1. The zero-order valence-corrected chi connectivity index (χ0v) is 17.2. The van der Waals surface area contributed by atoms with Gasteiger partial charge in [-0.2, -0.15) is 0 Å². The summed E-state index contributed by atoms with van der Waals surface area (Å²) in [6.45, 7) is 6.88. The number of aromatic nitrogens is 1. The zero-order chi connectivity index (χ0) is 20.9. The lowest BCUT2D eigenvalue weighted by atomic mass is 10.1. The van der Waals surface area contributed by atoms with Gasteiger partial charge in [0.1, 0.15) is 11.6 Å². The van der Waals surface area contributed by atoms with Crippen LogP contribution >= 0.6 is 0 Å². The van der Waals surface area contributed by atoms with Gasteiger partial charge < -0.3 is 25.2 Å². The van der Waals surface area contributed by atoms with Crippen molar-refractivity contribution in [2.75, 3.05) is 44.2 Å². The van der Waals surface area contributed by atoms with Crippen LogP contribution in [0.5, 0.6) is 5.75 Å². The van der Waals surface area contributed by atoms with Crippen molar-refractivity contribution < 1.29 is 9.50 Å². The smallest absolute Gasteiger partial charge is 0.194 e. The van der Waals surface area contributed by atoms with Gasteiger partial charge in [-0.1, -0.05) is 12.1 Å². The molecule has 1 aliphatic rings. The van der Waals surface area contributed by atoms with Crippen LogP contribution in [0.2, 0.25) is 0 Å². The Morgan fingerprint density at radius 3 is 2.73 bits per heavy atom. The van der Waals surface area contributed by atoms with Crippen molar-refractivity contribution in [1.29, 1.82) is 0 Å². The van der Waals surface area contributed by atoms with E-state index in [1.54, 1.807) is 6.07 Å². The predicted molar refractivity (Wildman–Crippen MR) is 120 cm³/mol. The van der Waals surface area contributed by atoms with Crippen molar-refractivity contribution in [1.82, 2.24) is 15.2 Å². The average molecular weight is 410 g/mol. The molecule has 158 valence electrons. The maximum Gasteiger partial charge on any atom is 0.194 e. The van der Waals surface area contributed by atoms with Gasteiger partial charge in [-0.25, -0.2) is 4.39 Å². The van der Waals surface area contributed by atoms with E-state index in [2.05, 4.69) is 27.0 Å². The number of anilines is 1. The van der Waals surface area contributed by atoms with E-state index in [0.29, 0.717) is 12.3 Å². The molecule has 0 radical (unpaired) electrons. The van der Waals surface area contributed by atoms with Gasteiger partial charge >= 0.3 is 0 Å². The fraction of sp³-hybridized carbons (Fsp3) is 0.348. The van der Waals surface area contributed by atoms with Crippen LogP contribution in [-0.2, 0) is 6.42 Å². The molecule has 0 aliphatic carbocycles. The number of aromatic amines is 1. The highest BCUT2D eigenvalue weighted by Crippen LogP contribution is 2.27. The number of piperazine rings is 1. The van der Waals surface area contributed by atoms with E-state index >= 15 is 0 Å². The van der Waals surface area contributed by atoms with Crippen molar-refractivity contribution >= 4 is 22.5 Å². The number of benzene rings is 2. The number of aromatic hydroxyl groups is 1. The maximum atomic E-state index is 13.4. The van der Waals surface area contributed by atoms with Crippen LogP contribution < -0.4 is 10.2 Å². The lowest BCUT2D eigenvalue weighted by molar-refractivity contribution is 0.370. The number of halogens is 1. The van der Waals surface area contributed by atoms with Gasteiger partial charge in [-0.3, -0.25) is 4.99 Å². The molecular formula is C23H28FN5O. The maximum absolute atomic E-state index is 13.4. The fourth-order valence-electron chi connectivity index (χ4n) is 3.96. The van der Waals surface area contributed by atoms with E-state index in [1.165, 1.54) is 12.1 Å². The lowest BCUT2D eigenvalue weighted by Gasteiger charge is -2.37. The minimum absolute atomic E-state index is 0.230. The molecule has 1 aromatic heterocycles. The van der Waals surface area contributed by atoms with Crippen molar-refractivity contribution in [2.45, 2.75) is 13.3 Å². The predicted octanol–water partition coefficient (Wildman–Crippen LogP) is 3.34. The number of fused-ring (bicyclic) bond motifs is 1. The van der Waals surface area contributed by atoms with Gasteiger partial charge in [-0.05, 0) is 49.2 Å². The van der Waals surface area contributed by atoms with E-state index < -0.39 is 0 Å². The first kappa shape index (κ1) is 20.1. The number of nitrogens with one attached hydrogen (secondary N) is 2. The number of nitrogens with zero attached hydrogens (tertiary/aromatic N) is 3. The van der Waals surface area contributed by atoms with Gasteiger partial charge in [0.25, 0.3) is 0 Å². The molecule has 3 aromatic rings.